The molecule has 0 fully saturated rings. The van der Waals surface area contributed by atoms with Crippen LogP contribution in [0.3, 0.4) is 0 Å². The van der Waals surface area contributed by atoms with Crippen LogP contribution in [0.2, 0.25) is 0 Å². The van der Waals surface area contributed by atoms with E-state index in [4.69, 9.17) is 14.2 Å². The first-order chi connectivity index (χ1) is 14.1. The number of carbonyl (C=O) groups is 3. The molecule has 2 aromatic carbocycles. The molecular formula is C23H26O6. The Morgan fingerprint density at radius 3 is 1.79 bits per heavy atom. The maximum Gasteiger partial charge on any atom is 0.351 e. The fraction of sp³-hybridized carbons (Fsp3) is 0.348. The summed E-state index contributed by atoms with van der Waals surface area (Å²) in [6.07, 6.45) is -0.426. The summed E-state index contributed by atoms with van der Waals surface area (Å²) in [5.74, 6) is -2.00. The Kier molecular flexibility index (Phi) is 8.89. The summed E-state index contributed by atoms with van der Waals surface area (Å²) in [4.78, 5) is 37.6. The smallest absolute Gasteiger partial charge is 0.351 e. The predicted octanol–water partition coefficient (Wildman–Crippen LogP) is 4.19. The van der Waals surface area contributed by atoms with Gasteiger partial charge in [0.1, 0.15) is 6.10 Å². The first-order valence-electron chi connectivity index (χ1n) is 9.75. The molecule has 2 aromatic rings. The lowest BCUT2D eigenvalue weighted by atomic mass is 10.1. The van der Waals surface area contributed by atoms with Gasteiger partial charge in [-0.15, -0.1) is 0 Å². The third kappa shape index (κ3) is 6.75. The fourth-order valence-corrected chi connectivity index (χ4v) is 2.71. The SMILES string of the molecule is CCCC[C@H](OC(=O)c1ccccc1)[C@@H](OC(=O)c1ccccc1)C(=O)OCC. The van der Waals surface area contributed by atoms with Crippen LogP contribution in [-0.2, 0) is 19.0 Å². The summed E-state index contributed by atoms with van der Waals surface area (Å²) in [5, 5.41) is 0. The van der Waals surface area contributed by atoms with E-state index < -0.39 is 30.1 Å². The Morgan fingerprint density at radius 2 is 1.31 bits per heavy atom. The van der Waals surface area contributed by atoms with Crippen LogP contribution in [0.5, 0.6) is 0 Å². The van der Waals surface area contributed by atoms with Gasteiger partial charge in [0.05, 0.1) is 17.7 Å². The predicted molar refractivity (Wildman–Crippen MR) is 107 cm³/mol. The van der Waals surface area contributed by atoms with Crippen molar-refractivity contribution >= 4 is 17.9 Å². The zero-order valence-corrected chi connectivity index (χ0v) is 16.7. The van der Waals surface area contributed by atoms with Gasteiger partial charge in [-0.25, -0.2) is 14.4 Å². The normalized spacial score (nSPS) is 12.5. The standard InChI is InChI=1S/C23H26O6/c1-3-5-16-19(28-21(24)17-12-8-6-9-13-17)20(23(26)27-4-2)29-22(25)18-14-10-7-11-15-18/h6-15,19-20H,3-5,16H2,1-2H3/t19-,20+/m0/s1. The third-order valence-electron chi connectivity index (χ3n) is 4.21. The van der Waals surface area contributed by atoms with Gasteiger partial charge < -0.3 is 14.2 Å². The van der Waals surface area contributed by atoms with Gasteiger partial charge in [0.15, 0.2) is 0 Å². The van der Waals surface area contributed by atoms with Crippen molar-refractivity contribution < 1.29 is 28.6 Å². The van der Waals surface area contributed by atoms with Crippen molar-refractivity contribution in [1.82, 2.24) is 0 Å². The number of esters is 3. The van der Waals surface area contributed by atoms with Crippen LogP contribution in [0.1, 0.15) is 53.8 Å². The molecule has 0 N–H and O–H groups in total. The first-order valence-corrected chi connectivity index (χ1v) is 9.75. The Morgan fingerprint density at radius 1 is 0.793 bits per heavy atom. The van der Waals surface area contributed by atoms with Crippen molar-refractivity contribution in [3.8, 4) is 0 Å². The molecule has 0 spiro atoms. The van der Waals surface area contributed by atoms with Crippen LogP contribution in [0.15, 0.2) is 60.7 Å². The highest BCUT2D eigenvalue weighted by molar-refractivity contribution is 5.92. The molecule has 2 atom stereocenters. The van der Waals surface area contributed by atoms with Crippen molar-refractivity contribution in [1.29, 1.82) is 0 Å². The summed E-state index contributed by atoms with van der Waals surface area (Å²) in [6, 6.07) is 16.8. The molecular weight excluding hydrogens is 372 g/mol. The number of benzene rings is 2. The minimum Gasteiger partial charge on any atom is -0.463 e. The van der Waals surface area contributed by atoms with Crippen molar-refractivity contribution in [3.05, 3.63) is 71.8 Å². The van der Waals surface area contributed by atoms with Crippen LogP contribution >= 0.6 is 0 Å². The topological polar surface area (TPSA) is 78.9 Å². The van der Waals surface area contributed by atoms with Crippen LogP contribution in [0, 0.1) is 0 Å². The lowest BCUT2D eigenvalue weighted by Gasteiger charge is -2.25. The van der Waals surface area contributed by atoms with Crippen LogP contribution < -0.4 is 0 Å². The summed E-state index contributed by atoms with van der Waals surface area (Å²) in [5.41, 5.74) is 0.649. The Bertz CT molecular complexity index is 788. The zero-order valence-electron chi connectivity index (χ0n) is 16.7. The lowest BCUT2D eigenvalue weighted by molar-refractivity contribution is -0.160. The molecule has 0 unspecified atom stereocenters. The molecule has 0 radical (unpaired) electrons. The molecule has 0 aliphatic heterocycles. The van der Waals surface area contributed by atoms with E-state index in [-0.39, 0.29) is 6.61 Å². The largest absolute Gasteiger partial charge is 0.463 e. The van der Waals surface area contributed by atoms with Gasteiger partial charge in [-0.2, -0.15) is 0 Å². The van der Waals surface area contributed by atoms with Gasteiger partial charge in [-0.05, 0) is 44.0 Å². The number of rotatable bonds is 10. The molecule has 0 aliphatic carbocycles. The van der Waals surface area contributed by atoms with Gasteiger partial charge in [-0.3, -0.25) is 0 Å². The molecule has 154 valence electrons. The molecule has 6 heteroatoms. The molecule has 29 heavy (non-hydrogen) atoms. The Balaban J connectivity index is 2.24. The summed E-state index contributed by atoms with van der Waals surface area (Å²) < 4.78 is 16.1. The second-order valence-corrected chi connectivity index (χ2v) is 6.40. The van der Waals surface area contributed by atoms with Gasteiger partial charge in [0.2, 0.25) is 6.10 Å². The Hall–Kier alpha value is -3.15. The lowest BCUT2D eigenvalue weighted by Crippen LogP contribution is -2.42. The average Bonchev–Trinajstić information content (AvgIpc) is 2.76. The molecule has 0 aliphatic rings. The first kappa shape index (κ1) is 22.1. The summed E-state index contributed by atoms with van der Waals surface area (Å²) >= 11 is 0. The number of hydrogen-bond acceptors (Lipinski definition) is 6. The van der Waals surface area contributed by atoms with E-state index in [1.807, 2.05) is 6.92 Å². The van der Waals surface area contributed by atoms with Gasteiger partial charge >= 0.3 is 17.9 Å². The number of carbonyl (C=O) groups excluding carboxylic acids is 3. The van der Waals surface area contributed by atoms with Crippen molar-refractivity contribution in [3.63, 3.8) is 0 Å². The maximum atomic E-state index is 12.5. The number of hydrogen-bond donors (Lipinski definition) is 0. The van der Waals surface area contributed by atoms with E-state index >= 15 is 0 Å². The molecule has 0 saturated heterocycles. The van der Waals surface area contributed by atoms with Crippen molar-refractivity contribution in [2.45, 2.75) is 45.3 Å². The monoisotopic (exact) mass is 398 g/mol. The Labute approximate surface area is 170 Å². The van der Waals surface area contributed by atoms with Crippen LogP contribution in [0.4, 0.5) is 0 Å². The average molecular weight is 398 g/mol. The number of unbranched alkanes of at least 4 members (excludes halogenated alkanes) is 1. The second-order valence-electron chi connectivity index (χ2n) is 6.40. The van der Waals surface area contributed by atoms with E-state index in [0.29, 0.717) is 24.0 Å². The highest BCUT2D eigenvalue weighted by atomic mass is 16.6. The molecule has 0 amide bonds. The zero-order chi connectivity index (χ0) is 21.1. The highest BCUT2D eigenvalue weighted by Gasteiger charge is 2.36. The maximum absolute atomic E-state index is 12.5. The molecule has 0 bridgehead atoms. The van der Waals surface area contributed by atoms with Gasteiger partial charge in [-0.1, -0.05) is 49.7 Å². The van der Waals surface area contributed by atoms with E-state index in [9.17, 15) is 14.4 Å². The molecule has 0 aromatic heterocycles. The third-order valence-corrected chi connectivity index (χ3v) is 4.21. The van der Waals surface area contributed by atoms with Crippen LogP contribution in [-0.4, -0.2) is 36.7 Å². The molecule has 2 rings (SSSR count). The molecule has 0 heterocycles. The summed E-state index contributed by atoms with van der Waals surface area (Å²) in [7, 11) is 0. The minimum absolute atomic E-state index is 0.116. The fourth-order valence-electron chi connectivity index (χ4n) is 2.71. The second kappa shape index (κ2) is 11.6. The van der Waals surface area contributed by atoms with E-state index in [0.717, 1.165) is 6.42 Å². The highest BCUT2D eigenvalue weighted by Crippen LogP contribution is 2.18. The van der Waals surface area contributed by atoms with Gasteiger partial charge in [0.25, 0.3) is 0 Å². The van der Waals surface area contributed by atoms with Crippen molar-refractivity contribution in [2.75, 3.05) is 6.61 Å². The quantitative estimate of drug-likeness (QED) is 0.441. The van der Waals surface area contributed by atoms with Gasteiger partial charge in [0, 0.05) is 0 Å². The van der Waals surface area contributed by atoms with Crippen LogP contribution in [0.25, 0.3) is 0 Å². The molecule has 0 saturated carbocycles. The van der Waals surface area contributed by atoms with E-state index in [2.05, 4.69) is 0 Å². The van der Waals surface area contributed by atoms with Crippen molar-refractivity contribution in [2.24, 2.45) is 0 Å². The minimum atomic E-state index is -1.35. The van der Waals surface area contributed by atoms with E-state index in [1.54, 1.807) is 67.6 Å². The molecule has 6 nitrogen and oxygen atoms in total. The van der Waals surface area contributed by atoms with E-state index in [1.165, 1.54) is 0 Å². The summed E-state index contributed by atoms with van der Waals surface area (Å²) in [6.45, 7) is 3.75. The number of ether oxygens (including phenoxy) is 3.